The van der Waals surface area contributed by atoms with E-state index in [1.54, 1.807) is 11.8 Å². The van der Waals surface area contributed by atoms with E-state index in [-0.39, 0.29) is 23.2 Å². The molecule has 0 spiro atoms. The van der Waals surface area contributed by atoms with Gasteiger partial charge in [0.15, 0.2) is 0 Å². The van der Waals surface area contributed by atoms with Crippen molar-refractivity contribution in [3.63, 3.8) is 0 Å². The minimum Gasteiger partial charge on any atom is -0.346 e. The van der Waals surface area contributed by atoms with Crippen molar-refractivity contribution in [3.05, 3.63) is 106 Å². The van der Waals surface area contributed by atoms with Crippen LogP contribution in [0.4, 0.5) is 0 Å². The van der Waals surface area contributed by atoms with E-state index < -0.39 is 0 Å². The lowest BCUT2D eigenvalue weighted by Gasteiger charge is -2.24. The lowest BCUT2D eigenvalue weighted by Crippen LogP contribution is -2.28. The maximum Gasteiger partial charge on any atom is 0.251 e. The van der Waals surface area contributed by atoms with Gasteiger partial charge >= 0.3 is 0 Å². The van der Waals surface area contributed by atoms with Crippen LogP contribution in [-0.4, -0.2) is 22.5 Å². The Morgan fingerprint density at radius 1 is 1.03 bits per heavy atom. The van der Waals surface area contributed by atoms with Gasteiger partial charge < -0.3 is 10.2 Å². The molecule has 33 heavy (non-hydrogen) atoms. The highest BCUT2D eigenvalue weighted by Crippen LogP contribution is 2.39. The molecule has 170 valence electrons. The molecule has 4 rings (SSSR count). The molecular formula is C27H27ClN2O2S. The Morgan fingerprint density at radius 2 is 1.67 bits per heavy atom. The van der Waals surface area contributed by atoms with Gasteiger partial charge in [-0.25, -0.2) is 0 Å². The Labute approximate surface area is 204 Å². The third-order valence-corrected chi connectivity index (χ3v) is 7.44. The monoisotopic (exact) mass is 478 g/mol. The minimum atomic E-state index is -0.109. The number of halogens is 1. The van der Waals surface area contributed by atoms with E-state index in [0.29, 0.717) is 22.9 Å². The summed E-state index contributed by atoms with van der Waals surface area (Å²) in [6.07, 6.45) is 0.995. The molecule has 1 fully saturated rings. The first-order chi connectivity index (χ1) is 15.9. The second kappa shape index (κ2) is 10.4. The third kappa shape index (κ3) is 5.60. The standard InChI is InChI=1S/C27H27ClN2O2S/c1-3-19-4-8-21(9-5-19)18(2)29-26(32)22-10-12-23(13-11-22)27-30(25(31)17-33-27)16-20-6-14-24(28)15-7-20/h4-15,18,27H,3,16-17H2,1-2H3,(H,29,32)/t18-,27-/m1/s1. The Morgan fingerprint density at radius 3 is 2.30 bits per heavy atom. The van der Waals surface area contributed by atoms with E-state index in [1.807, 2.05) is 60.4 Å². The van der Waals surface area contributed by atoms with E-state index in [9.17, 15) is 9.59 Å². The zero-order valence-electron chi connectivity index (χ0n) is 18.8. The summed E-state index contributed by atoms with van der Waals surface area (Å²) in [7, 11) is 0. The summed E-state index contributed by atoms with van der Waals surface area (Å²) in [5.74, 6) is 0.459. The molecule has 3 aromatic carbocycles. The fourth-order valence-electron chi connectivity index (χ4n) is 3.89. The maximum atomic E-state index is 12.8. The number of aryl methyl sites for hydroxylation is 1. The smallest absolute Gasteiger partial charge is 0.251 e. The molecule has 1 N–H and O–H groups in total. The van der Waals surface area contributed by atoms with Crippen LogP contribution in [0.5, 0.6) is 0 Å². The first-order valence-corrected chi connectivity index (χ1v) is 12.5. The average molecular weight is 479 g/mol. The van der Waals surface area contributed by atoms with Gasteiger partial charge in [0.2, 0.25) is 5.91 Å². The van der Waals surface area contributed by atoms with Crippen LogP contribution < -0.4 is 5.32 Å². The van der Waals surface area contributed by atoms with Crippen LogP contribution in [0.2, 0.25) is 5.02 Å². The van der Waals surface area contributed by atoms with E-state index in [2.05, 4.69) is 36.5 Å². The SMILES string of the molecule is CCc1ccc([C@@H](C)NC(=O)c2ccc([C@H]3SCC(=O)N3Cc3ccc(Cl)cc3)cc2)cc1. The molecule has 2 amide bonds. The predicted octanol–water partition coefficient (Wildman–Crippen LogP) is 6.17. The lowest BCUT2D eigenvalue weighted by molar-refractivity contribution is -0.128. The third-order valence-electron chi connectivity index (χ3n) is 5.93. The zero-order valence-corrected chi connectivity index (χ0v) is 20.3. The van der Waals surface area contributed by atoms with Gasteiger partial charge in [0, 0.05) is 17.1 Å². The highest BCUT2D eigenvalue weighted by atomic mass is 35.5. The van der Waals surface area contributed by atoms with Crippen LogP contribution in [-0.2, 0) is 17.8 Å². The summed E-state index contributed by atoms with van der Waals surface area (Å²) < 4.78 is 0. The number of amides is 2. The molecule has 0 radical (unpaired) electrons. The predicted molar refractivity (Wildman–Crippen MR) is 135 cm³/mol. The molecule has 0 aromatic heterocycles. The molecule has 3 aromatic rings. The Hall–Kier alpha value is -2.76. The normalized spacial score (nSPS) is 16.6. The number of nitrogens with zero attached hydrogens (tertiary/aromatic N) is 1. The van der Waals surface area contributed by atoms with E-state index >= 15 is 0 Å². The van der Waals surface area contributed by atoms with Crippen LogP contribution in [0.25, 0.3) is 0 Å². The first kappa shape index (κ1) is 23.4. The zero-order chi connectivity index (χ0) is 23.4. The summed E-state index contributed by atoms with van der Waals surface area (Å²) >= 11 is 7.59. The molecular weight excluding hydrogens is 452 g/mol. The van der Waals surface area contributed by atoms with Crippen molar-refractivity contribution in [2.75, 3.05) is 5.75 Å². The van der Waals surface area contributed by atoms with Crippen LogP contribution in [0.3, 0.4) is 0 Å². The van der Waals surface area contributed by atoms with Crippen molar-refractivity contribution in [2.24, 2.45) is 0 Å². The van der Waals surface area contributed by atoms with Crippen LogP contribution in [0.15, 0.2) is 72.8 Å². The number of thioether (sulfide) groups is 1. The van der Waals surface area contributed by atoms with Crippen molar-refractivity contribution in [3.8, 4) is 0 Å². The minimum absolute atomic E-state index is 0.0682. The molecule has 1 heterocycles. The number of hydrogen-bond acceptors (Lipinski definition) is 3. The lowest BCUT2D eigenvalue weighted by atomic mass is 10.0. The Kier molecular flexibility index (Phi) is 7.41. The number of benzene rings is 3. The molecule has 6 heteroatoms. The molecule has 1 aliphatic heterocycles. The Balaban J connectivity index is 1.42. The van der Waals surface area contributed by atoms with Crippen molar-refractivity contribution in [1.82, 2.24) is 10.2 Å². The fraction of sp³-hybridized carbons (Fsp3) is 0.259. The van der Waals surface area contributed by atoms with Crippen molar-refractivity contribution >= 4 is 35.2 Å². The summed E-state index contributed by atoms with van der Waals surface area (Å²) in [5.41, 5.74) is 5.02. The van der Waals surface area contributed by atoms with Crippen LogP contribution in [0.1, 0.15) is 57.9 Å². The highest BCUT2D eigenvalue weighted by Gasteiger charge is 2.32. The average Bonchev–Trinajstić information content (AvgIpc) is 3.20. The molecule has 0 saturated carbocycles. The number of nitrogens with one attached hydrogen (secondary N) is 1. The molecule has 1 aliphatic rings. The van der Waals surface area contributed by atoms with Gasteiger partial charge in [0.25, 0.3) is 5.91 Å². The molecule has 0 unspecified atom stereocenters. The molecule has 0 aliphatic carbocycles. The van der Waals surface area contributed by atoms with E-state index in [1.165, 1.54) is 5.56 Å². The van der Waals surface area contributed by atoms with Gasteiger partial charge in [-0.2, -0.15) is 0 Å². The molecule has 0 bridgehead atoms. The highest BCUT2D eigenvalue weighted by molar-refractivity contribution is 8.00. The van der Waals surface area contributed by atoms with Crippen molar-refractivity contribution in [2.45, 2.75) is 38.2 Å². The summed E-state index contributed by atoms with van der Waals surface area (Å²) in [6, 6.07) is 23.4. The number of hydrogen-bond donors (Lipinski definition) is 1. The number of rotatable bonds is 7. The van der Waals surface area contributed by atoms with Crippen LogP contribution >= 0.6 is 23.4 Å². The van der Waals surface area contributed by atoms with E-state index in [4.69, 9.17) is 11.6 Å². The summed E-state index contributed by atoms with van der Waals surface area (Å²) in [6.45, 7) is 4.65. The first-order valence-electron chi connectivity index (χ1n) is 11.1. The molecule has 2 atom stereocenters. The van der Waals surface area contributed by atoms with Gasteiger partial charge in [-0.1, -0.05) is 67.1 Å². The largest absolute Gasteiger partial charge is 0.346 e. The van der Waals surface area contributed by atoms with Crippen molar-refractivity contribution < 1.29 is 9.59 Å². The van der Waals surface area contributed by atoms with Crippen LogP contribution in [0, 0.1) is 0 Å². The maximum absolute atomic E-state index is 12.8. The quantitative estimate of drug-likeness (QED) is 0.442. The number of carbonyl (C=O) groups excluding carboxylic acids is 2. The van der Waals surface area contributed by atoms with Crippen molar-refractivity contribution in [1.29, 1.82) is 0 Å². The van der Waals surface area contributed by atoms with Gasteiger partial charge in [-0.3, -0.25) is 9.59 Å². The number of carbonyl (C=O) groups is 2. The molecule has 4 nitrogen and oxygen atoms in total. The summed E-state index contributed by atoms with van der Waals surface area (Å²) in [4.78, 5) is 27.2. The van der Waals surface area contributed by atoms with Gasteiger partial charge in [-0.05, 0) is 59.9 Å². The van der Waals surface area contributed by atoms with Gasteiger partial charge in [-0.15, -0.1) is 11.8 Å². The summed E-state index contributed by atoms with van der Waals surface area (Å²) in [5, 5.41) is 3.68. The second-order valence-corrected chi connectivity index (χ2v) is 9.73. The fourth-order valence-corrected chi connectivity index (χ4v) is 5.21. The van der Waals surface area contributed by atoms with Gasteiger partial charge in [0.1, 0.15) is 5.37 Å². The Bertz CT molecular complexity index is 1110. The van der Waals surface area contributed by atoms with Gasteiger partial charge in [0.05, 0.1) is 11.8 Å². The topological polar surface area (TPSA) is 49.4 Å². The second-order valence-electron chi connectivity index (χ2n) is 8.22. The van der Waals surface area contributed by atoms with E-state index in [0.717, 1.165) is 23.1 Å². The molecule has 1 saturated heterocycles.